The van der Waals surface area contributed by atoms with Crippen molar-refractivity contribution < 1.29 is 14.0 Å². The van der Waals surface area contributed by atoms with E-state index in [4.69, 9.17) is 4.89 Å². The fraction of sp³-hybridized carbons (Fsp3) is 1.00. The molecule has 0 aliphatic heterocycles. The zero-order valence-electron chi connectivity index (χ0n) is 6.11. The highest BCUT2D eigenvalue weighted by atomic mass is 35.5. The van der Waals surface area contributed by atoms with Crippen molar-refractivity contribution >= 4 is 20.7 Å². The molecule has 0 aliphatic carbocycles. The van der Waals surface area contributed by atoms with Crippen LogP contribution in [0.5, 0.6) is 0 Å². The van der Waals surface area contributed by atoms with Gasteiger partial charge in [0.05, 0.1) is 0 Å². The molecule has 0 aliphatic rings. The molecular formula is C5H13ClO3P+. The lowest BCUT2D eigenvalue weighted by Gasteiger charge is -2.00. The van der Waals surface area contributed by atoms with Crippen molar-refractivity contribution in [2.75, 3.05) is 0 Å². The molecule has 1 N–H and O–H groups in total. The first-order valence-electron chi connectivity index (χ1n) is 3.03. The monoisotopic (exact) mass is 187 g/mol. The van der Waals surface area contributed by atoms with E-state index in [1.165, 1.54) is 0 Å². The molecular weight excluding hydrogens is 174 g/mol. The van der Waals surface area contributed by atoms with Gasteiger partial charge in [-0.05, 0) is 12.8 Å². The van der Waals surface area contributed by atoms with E-state index in [0.717, 1.165) is 12.8 Å². The molecule has 1 atom stereocenters. The Hall–Kier alpha value is 0.310. The van der Waals surface area contributed by atoms with Crippen molar-refractivity contribution in [3.8, 4) is 0 Å². The van der Waals surface area contributed by atoms with Crippen LogP contribution >= 0.6 is 20.7 Å². The second kappa shape index (κ2) is 7.42. The fourth-order valence-electron chi connectivity index (χ4n) is 0.565. The largest absolute Gasteiger partial charge is 0.694 e. The van der Waals surface area contributed by atoms with E-state index in [-0.39, 0.29) is 18.5 Å². The van der Waals surface area contributed by atoms with Crippen LogP contribution in [-0.2, 0) is 9.09 Å². The van der Waals surface area contributed by atoms with E-state index in [1.54, 1.807) is 0 Å². The second-order valence-corrected chi connectivity index (χ2v) is 2.47. The highest BCUT2D eigenvalue weighted by Crippen LogP contribution is 2.20. The smallest absolute Gasteiger partial charge is 0.147 e. The molecule has 10 heavy (non-hydrogen) atoms. The topological polar surface area (TPSA) is 46.5 Å². The summed E-state index contributed by atoms with van der Waals surface area (Å²) in [7, 11) is -2.40. The van der Waals surface area contributed by atoms with Crippen LogP contribution in [0.2, 0.25) is 0 Å². The molecule has 62 valence electrons. The van der Waals surface area contributed by atoms with Crippen molar-refractivity contribution in [1.29, 1.82) is 0 Å². The maximum absolute atomic E-state index is 10.1. The minimum absolute atomic E-state index is 0. The molecule has 1 unspecified atom stereocenters. The van der Waals surface area contributed by atoms with Crippen molar-refractivity contribution in [2.24, 2.45) is 0 Å². The van der Waals surface area contributed by atoms with Gasteiger partial charge < -0.3 is 0 Å². The van der Waals surface area contributed by atoms with Crippen LogP contribution in [0.25, 0.3) is 0 Å². The Bertz CT molecular complexity index is 94.9. The van der Waals surface area contributed by atoms with E-state index in [9.17, 15) is 4.57 Å². The second-order valence-electron chi connectivity index (χ2n) is 1.78. The van der Waals surface area contributed by atoms with Gasteiger partial charge in [-0.3, -0.25) is 0 Å². The molecule has 0 aromatic rings. The molecule has 0 rings (SSSR count). The molecule has 0 saturated carbocycles. The highest BCUT2D eigenvalue weighted by molar-refractivity contribution is 7.32. The van der Waals surface area contributed by atoms with Gasteiger partial charge in [0.1, 0.15) is 6.10 Å². The molecule has 0 amide bonds. The van der Waals surface area contributed by atoms with Crippen LogP contribution in [0.3, 0.4) is 0 Å². The minimum atomic E-state index is -2.40. The van der Waals surface area contributed by atoms with Gasteiger partial charge in [-0.15, -0.1) is 21.8 Å². The van der Waals surface area contributed by atoms with Crippen LogP contribution in [0.1, 0.15) is 26.7 Å². The van der Waals surface area contributed by atoms with E-state index < -0.39 is 8.25 Å². The van der Waals surface area contributed by atoms with Gasteiger partial charge in [0.2, 0.25) is 0 Å². The summed E-state index contributed by atoms with van der Waals surface area (Å²) in [6, 6.07) is 0. The molecule has 5 heteroatoms. The van der Waals surface area contributed by atoms with Gasteiger partial charge in [0, 0.05) is 4.57 Å². The van der Waals surface area contributed by atoms with Crippen LogP contribution in [0.15, 0.2) is 0 Å². The summed E-state index contributed by atoms with van der Waals surface area (Å²) >= 11 is 0. The highest BCUT2D eigenvalue weighted by Gasteiger charge is 2.18. The van der Waals surface area contributed by atoms with Crippen LogP contribution in [-0.4, -0.2) is 11.0 Å². The summed E-state index contributed by atoms with van der Waals surface area (Å²) in [6.45, 7) is 3.85. The van der Waals surface area contributed by atoms with E-state index in [2.05, 4.69) is 4.52 Å². The lowest BCUT2D eigenvalue weighted by molar-refractivity contribution is 0.180. The Balaban J connectivity index is 0. The Labute approximate surface area is 68.1 Å². The molecule has 0 radical (unpaired) electrons. The lowest BCUT2D eigenvalue weighted by Crippen LogP contribution is -2.04. The van der Waals surface area contributed by atoms with Gasteiger partial charge in [-0.2, -0.15) is 0 Å². The minimum Gasteiger partial charge on any atom is -0.147 e. The molecule has 0 aromatic heterocycles. The van der Waals surface area contributed by atoms with Gasteiger partial charge in [-0.25, -0.2) is 0 Å². The van der Waals surface area contributed by atoms with Crippen LogP contribution in [0, 0.1) is 0 Å². The zero-order valence-corrected chi connectivity index (χ0v) is 7.82. The molecule has 0 heterocycles. The molecule has 0 spiro atoms. The van der Waals surface area contributed by atoms with Crippen molar-refractivity contribution in [2.45, 2.75) is 32.8 Å². The third-order valence-corrected chi connectivity index (χ3v) is 1.63. The molecule has 3 nitrogen and oxygen atoms in total. The first-order chi connectivity index (χ1) is 4.20. The fourth-order valence-corrected chi connectivity index (χ4v) is 1.12. The quantitative estimate of drug-likeness (QED) is 0.687. The maximum Gasteiger partial charge on any atom is 0.694 e. The summed E-state index contributed by atoms with van der Waals surface area (Å²) in [5, 5.41) is 0. The first-order valence-corrected chi connectivity index (χ1v) is 4.16. The Morgan fingerprint density at radius 3 is 2.00 bits per heavy atom. The summed E-state index contributed by atoms with van der Waals surface area (Å²) in [5.74, 6) is 0. The molecule has 0 bridgehead atoms. The van der Waals surface area contributed by atoms with Gasteiger partial charge >= 0.3 is 8.25 Å². The summed E-state index contributed by atoms with van der Waals surface area (Å²) < 4.78 is 14.7. The maximum atomic E-state index is 10.1. The Kier molecular flexibility index (Phi) is 9.60. The van der Waals surface area contributed by atoms with Gasteiger partial charge in [-0.1, -0.05) is 13.8 Å². The summed E-state index contributed by atoms with van der Waals surface area (Å²) in [6.07, 6.45) is 1.52. The predicted molar refractivity (Wildman–Crippen MR) is 42.5 cm³/mol. The Morgan fingerprint density at radius 2 is 1.90 bits per heavy atom. The number of halogens is 1. The average Bonchev–Trinajstić information content (AvgIpc) is 1.82. The SMILES string of the molecule is CCC(CC)O[P+](=O)O.Cl. The van der Waals surface area contributed by atoms with E-state index >= 15 is 0 Å². The third kappa shape index (κ3) is 6.43. The number of hydrogen-bond acceptors (Lipinski definition) is 2. The van der Waals surface area contributed by atoms with Crippen LogP contribution < -0.4 is 0 Å². The normalized spacial score (nSPS) is 11.0. The van der Waals surface area contributed by atoms with Crippen molar-refractivity contribution in [3.63, 3.8) is 0 Å². The van der Waals surface area contributed by atoms with E-state index in [1.807, 2.05) is 13.8 Å². The summed E-state index contributed by atoms with van der Waals surface area (Å²) in [4.78, 5) is 8.27. The van der Waals surface area contributed by atoms with Gasteiger partial charge in [0.15, 0.2) is 0 Å². The molecule has 0 aromatic carbocycles. The average molecular weight is 188 g/mol. The molecule has 0 saturated heterocycles. The van der Waals surface area contributed by atoms with Crippen molar-refractivity contribution in [1.82, 2.24) is 0 Å². The van der Waals surface area contributed by atoms with E-state index in [0.29, 0.717) is 0 Å². The lowest BCUT2D eigenvalue weighted by atomic mass is 10.2. The van der Waals surface area contributed by atoms with Gasteiger partial charge in [0.25, 0.3) is 0 Å². The predicted octanol–water partition coefficient (Wildman–Crippen LogP) is 2.26. The standard InChI is InChI=1S/C5H11O3P.ClH/c1-3-5(4-2)8-9(6)7;/h5H,3-4H2,1-2H3;1H/p+1. The summed E-state index contributed by atoms with van der Waals surface area (Å²) in [5.41, 5.74) is 0. The van der Waals surface area contributed by atoms with Crippen LogP contribution in [0.4, 0.5) is 0 Å². The third-order valence-electron chi connectivity index (χ3n) is 1.15. The number of rotatable bonds is 4. The Morgan fingerprint density at radius 1 is 1.50 bits per heavy atom. The van der Waals surface area contributed by atoms with Crippen molar-refractivity contribution in [3.05, 3.63) is 0 Å². The molecule has 0 fully saturated rings. The first kappa shape index (κ1) is 12.9. The zero-order chi connectivity index (χ0) is 7.28. The number of hydrogen-bond donors (Lipinski definition) is 1.